The van der Waals surface area contributed by atoms with E-state index < -0.39 is 0 Å². The lowest BCUT2D eigenvalue weighted by Gasteiger charge is -2.36. The summed E-state index contributed by atoms with van der Waals surface area (Å²) in [5.41, 5.74) is 7.59. The number of benzene rings is 1. The molecule has 4 heteroatoms. The lowest BCUT2D eigenvalue weighted by Crippen LogP contribution is -2.35. The van der Waals surface area contributed by atoms with E-state index >= 15 is 0 Å². The third-order valence-electron chi connectivity index (χ3n) is 3.83. The largest absolute Gasteiger partial charge is 0.397 e. The van der Waals surface area contributed by atoms with Gasteiger partial charge in [0.05, 0.1) is 16.4 Å². The molecule has 0 aliphatic heterocycles. The predicted octanol–water partition coefficient (Wildman–Crippen LogP) is 4.40. The van der Waals surface area contributed by atoms with Crippen molar-refractivity contribution in [3.05, 3.63) is 23.2 Å². The number of nitrogen functional groups attached to an aromatic ring is 1. The van der Waals surface area contributed by atoms with E-state index in [4.69, 9.17) is 17.3 Å². The zero-order valence-corrected chi connectivity index (χ0v) is 12.4. The van der Waals surface area contributed by atoms with Crippen LogP contribution in [0.4, 0.5) is 11.4 Å². The molecule has 3 N–H and O–H groups in total. The highest BCUT2D eigenvalue weighted by Gasteiger charge is 2.31. The van der Waals surface area contributed by atoms with Gasteiger partial charge in [0.2, 0.25) is 0 Å². The van der Waals surface area contributed by atoms with E-state index in [9.17, 15) is 0 Å². The number of thioether (sulfide) groups is 1. The Bertz CT molecular complexity index is 383. The summed E-state index contributed by atoms with van der Waals surface area (Å²) in [4.78, 5) is 0. The van der Waals surface area contributed by atoms with Gasteiger partial charge in [-0.15, -0.1) is 0 Å². The molecule has 1 fully saturated rings. The maximum absolute atomic E-state index is 6.19. The monoisotopic (exact) mass is 284 g/mol. The van der Waals surface area contributed by atoms with Crippen molar-refractivity contribution in [2.24, 2.45) is 0 Å². The molecule has 2 rings (SSSR count). The van der Waals surface area contributed by atoms with Crippen molar-refractivity contribution in [2.45, 2.75) is 36.9 Å². The fourth-order valence-electron chi connectivity index (χ4n) is 2.63. The smallest absolute Gasteiger partial charge is 0.0763 e. The van der Waals surface area contributed by atoms with Crippen LogP contribution in [0.25, 0.3) is 0 Å². The van der Waals surface area contributed by atoms with Gasteiger partial charge in [-0.25, -0.2) is 0 Å². The predicted molar refractivity (Wildman–Crippen MR) is 83.7 cm³/mol. The van der Waals surface area contributed by atoms with E-state index in [2.05, 4.69) is 11.6 Å². The van der Waals surface area contributed by atoms with Crippen LogP contribution in [0.15, 0.2) is 18.2 Å². The normalized spacial score (nSPS) is 18.6. The summed E-state index contributed by atoms with van der Waals surface area (Å²) in [5, 5.41) is 4.18. The molecule has 100 valence electrons. The summed E-state index contributed by atoms with van der Waals surface area (Å²) in [6.45, 7) is 0.947. The molecule has 1 aliphatic rings. The highest BCUT2D eigenvalue weighted by molar-refractivity contribution is 8.00. The molecule has 0 unspecified atom stereocenters. The molecule has 1 aliphatic carbocycles. The number of hydrogen-bond acceptors (Lipinski definition) is 3. The summed E-state index contributed by atoms with van der Waals surface area (Å²) in [6.07, 6.45) is 8.82. The number of hydrogen-bond donors (Lipinski definition) is 2. The van der Waals surface area contributed by atoms with Gasteiger partial charge in [0.15, 0.2) is 0 Å². The standard InChI is InChI=1S/C14H21ClN2S/c1-18-14(8-3-2-4-9-14)10-17-13-11(15)6-5-7-12(13)16/h5-7,17H,2-4,8-10,16H2,1H3. The van der Waals surface area contributed by atoms with Crippen LogP contribution >= 0.6 is 23.4 Å². The number of rotatable bonds is 4. The Kier molecular flexibility index (Phi) is 4.68. The van der Waals surface area contributed by atoms with E-state index in [1.807, 2.05) is 30.0 Å². The van der Waals surface area contributed by atoms with Crippen LogP contribution in [-0.2, 0) is 0 Å². The van der Waals surface area contributed by atoms with Crippen LogP contribution in [0.1, 0.15) is 32.1 Å². The summed E-state index contributed by atoms with van der Waals surface area (Å²) in [5.74, 6) is 0. The number of para-hydroxylation sites is 1. The molecule has 0 radical (unpaired) electrons. The maximum Gasteiger partial charge on any atom is 0.0763 e. The van der Waals surface area contributed by atoms with Crippen molar-refractivity contribution in [1.82, 2.24) is 0 Å². The quantitative estimate of drug-likeness (QED) is 0.805. The second kappa shape index (κ2) is 6.07. The lowest BCUT2D eigenvalue weighted by molar-refractivity contribution is 0.411. The molecular formula is C14H21ClN2S. The first-order valence-corrected chi connectivity index (χ1v) is 8.10. The third-order valence-corrected chi connectivity index (χ3v) is 5.56. The van der Waals surface area contributed by atoms with Crippen LogP contribution in [-0.4, -0.2) is 17.5 Å². The van der Waals surface area contributed by atoms with E-state index in [1.54, 1.807) is 0 Å². The third kappa shape index (κ3) is 3.07. The molecule has 1 aromatic rings. The maximum atomic E-state index is 6.19. The van der Waals surface area contributed by atoms with Crippen molar-refractivity contribution in [3.63, 3.8) is 0 Å². The van der Waals surface area contributed by atoms with E-state index in [1.165, 1.54) is 32.1 Å². The first-order valence-electron chi connectivity index (χ1n) is 6.50. The zero-order valence-electron chi connectivity index (χ0n) is 10.8. The Morgan fingerprint density at radius 1 is 1.33 bits per heavy atom. The average molecular weight is 285 g/mol. The molecule has 0 amide bonds. The molecule has 1 aromatic carbocycles. The summed E-state index contributed by atoms with van der Waals surface area (Å²) >= 11 is 8.16. The van der Waals surface area contributed by atoms with Crippen LogP contribution in [0.5, 0.6) is 0 Å². The number of halogens is 1. The topological polar surface area (TPSA) is 38.0 Å². The first kappa shape index (κ1) is 13.9. The lowest BCUT2D eigenvalue weighted by atomic mass is 9.88. The van der Waals surface area contributed by atoms with E-state index in [0.29, 0.717) is 9.77 Å². The SMILES string of the molecule is CSC1(CNc2c(N)cccc2Cl)CCCCC1. The molecule has 0 saturated heterocycles. The van der Waals surface area contributed by atoms with Gasteiger partial charge >= 0.3 is 0 Å². The molecule has 1 saturated carbocycles. The highest BCUT2D eigenvalue weighted by atomic mass is 35.5. The first-order chi connectivity index (χ1) is 8.67. The highest BCUT2D eigenvalue weighted by Crippen LogP contribution is 2.39. The molecule has 2 nitrogen and oxygen atoms in total. The molecule has 0 bridgehead atoms. The number of nitrogens with one attached hydrogen (secondary N) is 1. The molecule has 0 spiro atoms. The second-order valence-corrected chi connectivity index (χ2v) is 6.69. The molecule has 0 atom stereocenters. The van der Waals surface area contributed by atoms with Crippen molar-refractivity contribution in [2.75, 3.05) is 23.9 Å². The van der Waals surface area contributed by atoms with Gasteiger partial charge in [-0.3, -0.25) is 0 Å². The Morgan fingerprint density at radius 3 is 2.67 bits per heavy atom. The zero-order chi connectivity index (χ0) is 13.0. The van der Waals surface area contributed by atoms with Crippen molar-refractivity contribution < 1.29 is 0 Å². The van der Waals surface area contributed by atoms with E-state index in [-0.39, 0.29) is 0 Å². The Hall–Kier alpha value is -0.540. The Labute approximate surface area is 119 Å². The van der Waals surface area contributed by atoms with Crippen molar-refractivity contribution in [3.8, 4) is 0 Å². The van der Waals surface area contributed by atoms with Crippen LogP contribution in [0.2, 0.25) is 5.02 Å². The van der Waals surface area contributed by atoms with Gasteiger partial charge in [0.25, 0.3) is 0 Å². The minimum absolute atomic E-state index is 0.351. The van der Waals surface area contributed by atoms with Crippen molar-refractivity contribution >= 4 is 34.7 Å². The van der Waals surface area contributed by atoms with E-state index in [0.717, 1.165) is 17.9 Å². The fraction of sp³-hybridized carbons (Fsp3) is 0.571. The average Bonchev–Trinajstić information content (AvgIpc) is 2.39. The summed E-state index contributed by atoms with van der Waals surface area (Å²) in [6, 6.07) is 5.65. The van der Waals surface area contributed by atoms with Crippen molar-refractivity contribution in [1.29, 1.82) is 0 Å². The Morgan fingerprint density at radius 2 is 2.06 bits per heavy atom. The van der Waals surface area contributed by atoms with Gasteiger partial charge in [-0.05, 0) is 31.2 Å². The van der Waals surface area contributed by atoms with Crippen LogP contribution in [0, 0.1) is 0 Å². The minimum Gasteiger partial charge on any atom is -0.397 e. The molecular weight excluding hydrogens is 264 g/mol. The summed E-state index contributed by atoms with van der Waals surface area (Å²) in [7, 11) is 0. The fourth-order valence-corrected chi connectivity index (χ4v) is 3.79. The van der Waals surface area contributed by atoms with Gasteiger partial charge in [0.1, 0.15) is 0 Å². The molecule has 0 aromatic heterocycles. The minimum atomic E-state index is 0.351. The molecule has 0 heterocycles. The van der Waals surface area contributed by atoms with Gasteiger partial charge in [0, 0.05) is 11.3 Å². The number of anilines is 2. The second-order valence-electron chi connectivity index (χ2n) is 5.01. The van der Waals surface area contributed by atoms with Crippen LogP contribution < -0.4 is 11.1 Å². The van der Waals surface area contributed by atoms with Gasteiger partial charge in [-0.1, -0.05) is 36.9 Å². The summed E-state index contributed by atoms with van der Waals surface area (Å²) < 4.78 is 0.351. The van der Waals surface area contributed by atoms with Gasteiger partial charge in [-0.2, -0.15) is 11.8 Å². The molecule has 18 heavy (non-hydrogen) atoms. The Balaban J connectivity index is 2.05. The van der Waals surface area contributed by atoms with Gasteiger partial charge < -0.3 is 11.1 Å². The van der Waals surface area contributed by atoms with Crippen LogP contribution in [0.3, 0.4) is 0 Å². The number of nitrogens with two attached hydrogens (primary N) is 1.